The molecule has 0 aliphatic rings. The summed E-state index contributed by atoms with van der Waals surface area (Å²) in [6, 6.07) is 17.3. The Hall–Kier alpha value is -3.43. The summed E-state index contributed by atoms with van der Waals surface area (Å²) in [5.41, 5.74) is 3.83. The van der Waals surface area contributed by atoms with Gasteiger partial charge in [0.25, 0.3) is 0 Å². The van der Waals surface area contributed by atoms with Crippen molar-refractivity contribution in [2.75, 3.05) is 0 Å². The molecule has 0 saturated heterocycles. The first-order chi connectivity index (χ1) is 12.8. The summed E-state index contributed by atoms with van der Waals surface area (Å²) in [5.74, 6) is -0.381. The Kier molecular flexibility index (Phi) is 4.22. The second-order valence-electron chi connectivity index (χ2n) is 5.65. The van der Waals surface area contributed by atoms with Crippen molar-refractivity contribution in [3.63, 3.8) is 0 Å². The molecule has 0 spiro atoms. The summed E-state index contributed by atoms with van der Waals surface area (Å²) in [5, 5.41) is 11.0. The van der Waals surface area contributed by atoms with Crippen LogP contribution in [0.3, 0.4) is 0 Å². The number of thiazole rings is 1. The number of nitrogens with zero attached hydrogens (tertiary/aromatic N) is 3. The molecule has 2 aromatic carbocycles. The molecule has 0 fully saturated rings. The molecule has 6 heteroatoms. The molecule has 4 aromatic rings. The summed E-state index contributed by atoms with van der Waals surface area (Å²) >= 11 is 1.45. The van der Waals surface area contributed by atoms with Gasteiger partial charge < -0.3 is 4.74 Å². The van der Waals surface area contributed by atoms with Gasteiger partial charge in [-0.2, -0.15) is 5.26 Å². The number of benzene rings is 2. The van der Waals surface area contributed by atoms with E-state index in [1.807, 2.05) is 42.5 Å². The van der Waals surface area contributed by atoms with Crippen molar-refractivity contribution in [1.82, 2.24) is 9.38 Å². The van der Waals surface area contributed by atoms with E-state index in [0.717, 1.165) is 21.5 Å². The normalized spacial score (nSPS) is 10.6. The monoisotopic (exact) mass is 359 g/mol. The SMILES string of the molecule is N#Cc1ccccc1-c1ccc(COC(=O)c2csc3cncn23)cc1. The lowest BCUT2D eigenvalue weighted by Crippen LogP contribution is -2.07. The lowest BCUT2D eigenvalue weighted by Gasteiger charge is -2.07. The third kappa shape index (κ3) is 2.96. The zero-order valence-electron chi connectivity index (χ0n) is 13.6. The topological polar surface area (TPSA) is 67.4 Å². The van der Waals surface area contributed by atoms with Gasteiger partial charge in [-0.1, -0.05) is 42.5 Å². The Bertz CT molecular complexity index is 1120. The lowest BCUT2D eigenvalue weighted by molar-refractivity contribution is 0.0465. The van der Waals surface area contributed by atoms with Crippen LogP contribution in [-0.2, 0) is 11.3 Å². The predicted octanol–water partition coefficient (Wildman–Crippen LogP) is 4.29. The average Bonchev–Trinajstić information content (AvgIpc) is 3.30. The summed E-state index contributed by atoms with van der Waals surface area (Å²) in [6.45, 7) is 0.186. The summed E-state index contributed by atoms with van der Waals surface area (Å²) in [7, 11) is 0. The fraction of sp³-hybridized carbons (Fsp3) is 0.0500. The van der Waals surface area contributed by atoms with Crippen molar-refractivity contribution in [3.05, 3.63) is 83.3 Å². The highest BCUT2D eigenvalue weighted by molar-refractivity contribution is 7.15. The van der Waals surface area contributed by atoms with Gasteiger partial charge in [0.05, 0.1) is 17.8 Å². The highest BCUT2D eigenvalue weighted by Gasteiger charge is 2.14. The molecular formula is C20H13N3O2S. The van der Waals surface area contributed by atoms with Crippen LogP contribution in [0.1, 0.15) is 21.6 Å². The maximum atomic E-state index is 12.3. The molecule has 0 radical (unpaired) electrons. The van der Waals surface area contributed by atoms with Crippen molar-refractivity contribution in [2.45, 2.75) is 6.61 Å². The molecule has 4 rings (SSSR count). The van der Waals surface area contributed by atoms with Crippen molar-refractivity contribution >= 4 is 22.1 Å². The number of rotatable bonds is 4. The van der Waals surface area contributed by atoms with Gasteiger partial charge in [0.1, 0.15) is 23.5 Å². The average molecular weight is 359 g/mol. The Balaban J connectivity index is 1.47. The zero-order chi connectivity index (χ0) is 17.9. The summed E-state index contributed by atoms with van der Waals surface area (Å²) < 4.78 is 7.12. The van der Waals surface area contributed by atoms with Crippen molar-refractivity contribution in [2.24, 2.45) is 0 Å². The number of esters is 1. The molecule has 0 aliphatic carbocycles. The van der Waals surface area contributed by atoms with Crippen LogP contribution in [0.15, 0.2) is 66.4 Å². The molecule has 2 heterocycles. The third-order valence-electron chi connectivity index (χ3n) is 4.05. The van der Waals surface area contributed by atoms with E-state index in [0.29, 0.717) is 11.3 Å². The summed E-state index contributed by atoms with van der Waals surface area (Å²) in [6.07, 6.45) is 3.31. The first-order valence-electron chi connectivity index (χ1n) is 7.91. The quantitative estimate of drug-likeness (QED) is 0.510. The van der Waals surface area contributed by atoms with Crippen LogP contribution in [0.2, 0.25) is 0 Å². The van der Waals surface area contributed by atoms with Gasteiger partial charge in [-0.25, -0.2) is 9.78 Å². The molecular weight excluding hydrogens is 346 g/mol. The zero-order valence-corrected chi connectivity index (χ0v) is 14.4. The van der Waals surface area contributed by atoms with Gasteiger partial charge in [0.15, 0.2) is 0 Å². The standard InChI is InChI=1S/C20H13N3O2S/c21-9-16-3-1-2-4-17(16)15-7-5-14(6-8-15)11-25-20(24)18-12-26-19-10-22-13-23(18)19/h1-8,10,12-13H,11H2. The highest BCUT2D eigenvalue weighted by Crippen LogP contribution is 2.24. The lowest BCUT2D eigenvalue weighted by atomic mass is 9.99. The maximum absolute atomic E-state index is 12.3. The molecule has 0 aliphatic heterocycles. The second kappa shape index (κ2) is 6.82. The number of hydrogen-bond donors (Lipinski definition) is 0. The number of nitriles is 1. The van der Waals surface area contributed by atoms with Crippen molar-refractivity contribution in [1.29, 1.82) is 5.26 Å². The van der Waals surface area contributed by atoms with Gasteiger partial charge in [-0.05, 0) is 22.8 Å². The Morgan fingerprint density at radius 3 is 2.81 bits per heavy atom. The molecule has 2 aromatic heterocycles. The number of aromatic nitrogens is 2. The van der Waals surface area contributed by atoms with Gasteiger partial charge in [-0.3, -0.25) is 4.40 Å². The molecule has 0 saturated carbocycles. The Morgan fingerprint density at radius 1 is 1.19 bits per heavy atom. The fourth-order valence-corrected chi connectivity index (χ4v) is 3.53. The molecule has 126 valence electrons. The molecule has 5 nitrogen and oxygen atoms in total. The number of carbonyl (C=O) groups is 1. The van der Waals surface area contributed by atoms with E-state index in [1.54, 1.807) is 28.4 Å². The number of imidazole rings is 1. The van der Waals surface area contributed by atoms with Gasteiger partial charge in [-0.15, -0.1) is 11.3 Å². The van der Waals surface area contributed by atoms with E-state index in [4.69, 9.17) is 4.74 Å². The highest BCUT2D eigenvalue weighted by atomic mass is 32.1. The molecule has 0 atom stereocenters. The molecule has 0 bridgehead atoms. The van der Waals surface area contributed by atoms with Crippen molar-refractivity contribution < 1.29 is 9.53 Å². The minimum Gasteiger partial charge on any atom is -0.456 e. The fourth-order valence-electron chi connectivity index (χ4n) is 2.71. The molecule has 0 N–H and O–H groups in total. The largest absolute Gasteiger partial charge is 0.456 e. The van der Waals surface area contributed by atoms with Crippen LogP contribution in [0.5, 0.6) is 0 Å². The first-order valence-corrected chi connectivity index (χ1v) is 8.79. The summed E-state index contributed by atoms with van der Waals surface area (Å²) in [4.78, 5) is 17.2. The predicted molar refractivity (Wildman–Crippen MR) is 98.8 cm³/mol. The van der Waals surface area contributed by atoms with Crippen molar-refractivity contribution in [3.8, 4) is 17.2 Å². The van der Waals surface area contributed by atoms with Crippen LogP contribution < -0.4 is 0 Å². The van der Waals surface area contributed by atoms with Crippen LogP contribution in [-0.4, -0.2) is 15.4 Å². The van der Waals surface area contributed by atoms with Crippen LogP contribution >= 0.6 is 11.3 Å². The second-order valence-corrected chi connectivity index (χ2v) is 6.54. The third-order valence-corrected chi connectivity index (χ3v) is 4.93. The maximum Gasteiger partial charge on any atom is 0.356 e. The van der Waals surface area contributed by atoms with E-state index in [2.05, 4.69) is 11.1 Å². The van der Waals surface area contributed by atoms with Gasteiger partial charge >= 0.3 is 5.97 Å². The molecule has 26 heavy (non-hydrogen) atoms. The number of fused-ring (bicyclic) bond motifs is 1. The van der Waals surface area contributed by atoms with Crippen LogP contribution in [0, 0.1) is 11.3 Å². The van der Waals surface area contributed by atoms with Gasteiger partial charge in [0, 0.05) is 5.38 Å². The van der Waals surface area contributed by atoms with Gasteiger partial charge in [0.2, 0.25) is 0 Å². The Morgan fingerprint density at radius 2 is 2.00 bits per heavy atom. The van der Waals surface area contributed by atoms with Crippen LogP contribution in [0.25, 0.3) is 16.0 Å². The van der Waals surface area contributed by atoms with E-state index in [9.17, 15) is 10.1 Å². The number of hydrogen-bond acceptors (Lipinski definition) is 5. The van der Waals surface area contributed by atoms with E-state index >= 15 is 0 Å². The molecule has 0 unspecified atom stereocenters. The van der Waals surface area contributed by atoms with E-state index in [1.165, 1.54) is 11.3 Å². The first kappa shape index (κ1) is 16.1. The smallest absolute Gasteiger partial charge is 0.356 e. The van der Waals surface area contributed by atoms with Crippen LogP contribution in [0.4, 0.5) is 0 Å². The number of carbonyl (C=O) groups excluding carboxylic acids is 1. The minimum atomic E-state index is -0.381. The minimum absolute atomic E-state index is 0.186. The Labute approximate surface area is 153 Å². The van der Waals surface area contributed by atoms with E-state index in [-0.39, 0.29) is 12.6 Å². The molecule has 0 amide bonds. The van der Waals surface area contributed by atoms with E-state index < -0.39 is 0 Å². The number of ether oxygens (including phenoxy) is 1.